The van der Waals surface area contributed by atoms with Gasteiger partial charge in [0.15, 0.2) is 11.6 Å². The molecule has 0 bridgehead atoms. The van der Waals surface area contributed by atoms with Crippen molar-refractivity contribution in [1.82, 2.24) is 5.48 Å². The van der Waals surface area contributed by atoms with Gasteiger partial charge in [-0.3, -0.25) is 0 Å². The highest BCUT2D eigenvalue weighted by atomic mass is 32.2. The Bertz CT molecular complexity index is 913. The third kappa shape index (κ3) is 5.33. The molecular formula is C15H14F2N4O3S. The zero-order valence-corrected chi connectivity index (χ0v) is 13.8. The molecule has 3 N–H and O–H groups in total. The van der Waals surface area contributed by atoms with Crippen LogP contribution in [-0.2, 0) is 14.4 Å². The molecule has 132 valence electrons. The summed E-state index contributed by atoms with van der Waals surface area (Å²) in [6, 6.07) is 9.09. The smallest absolute Gasteiger partial charge is 0.317 e. The van der Waals surface area contributed by atoms with Gasteiger partial charge in [-0.1, -0.05) is 23.8 Å². The van der Waals surface area contributed by atoms with Crippen molar-refractivity contribution in [3.63, 3.8) is 0 Å². The molecule has 0 atom stereocenters. The van der Waals surface area contributed by atoms with E-state index in [9.17, 15) is 17.2 Å². The largest absolute Gasteiger partial charge is 0.367 e. The molecule has 0 spiro atoms. The number of aryl methyl sites for hydroxylation is 1. The molecule has 0 saturated carbocycles. The van der Waals surface area contributed by atoms with Gasteiger partial charge in [-0.25, -0.2) is 14.3 Å². The first kappa shape index (κ1) is 18.5. The number of nitrogens with two attached hydrogens (primary N) is 1. The van der Waals surface area contributed by atoms with Crippen LogP contribution in [0.2, 0.25) is 0 Å². The summed E-state index contributed by atoms with van der Waals surface area (Å²) in [6.45, 7) is 1.81. The molecular weight excluding hydrogens is 354 g/mol. The summed E-state index contributed by atoms with van der Waals surface area (Å²) in [5.41, 5.74) is 8.47. The molecule has 0 saturated heterocycles. The van der Waals surface area contributed by atoms with Crippen LogP contribution in [-0.4, -0.2) is 20.6 Å². The van der Waals surface area contributed by atoms with E-state index in [4.69, 9.17) is 5.73 Å². The summed E-state index contributed by atoms with van der Waals surface area (Å²) in [7, 11) is -4.07. The van der Waals surface area contributed by atoms with Gasteiger partial charge in [0.1, 0.15) is 0 Å². The number of rotatable bonds is 5. The van der Waals surface area contributed by atoms with Gasteiger partial charge in [-0.2, -0.15) is 13.5 Å². The lowest BCUT2D eigenvalue weighted by Crippen LogP contribution is -2.33. The molecule has 25 heavy (non-hydrogen) atoms. The van der Waals surface area contributed by atoms with Crippen LogP contribution in [0.4, 0.5) is 8.78 Å². The van der Waals surface area contributed by atoms with E-state index in [1.165, 1.54) is 18.2 Å². The Morgan fingerprint density at radius 2 is 1.84 bits per heavy atom. The Hall–Kier alpha value is -2.85. The lowest BCUT2D eigenvalue weighted by molar-refractivity contribution is 0.266. The standard InChI is InChI=1S/C15H14F2N4O3S/c1-10-2-5-12(6-3-10)25(22,23)24-21-15(18)20-19-9-11-4-7-13(16)14(17)8-11/h2-9H,1H3,(H3,18,20,21). The molecule has 0 fully saturated rings. The average molecular weight is 368 g/mol. The third-order valence-electron chi connectivity index (χ3n) is 2.88. The van der Waals surface area contributed by atoms with Crippen LogP contribution >= 0.6 is 0 Å². The third-order valence-corrected chi connectivity index (χ3v) is 4.03. The van der Waals surface area contributed by atoms with Gasteiger partial charge < -0.3 is 5.73 Å². The molecule has 2 rings (SSSR count). The first-order valence-electron chi connectivity index (χ1n) is 6.85. The highest BCUT2D eigenvalue weighted by Crippen LogP contribution is 2.12. The summed E-state index contributed by atoms with van der Waals surface area (Å²) < 4.78 is 54.1. The minimum Gasteiger partial charge on any atom is -0.367 e. The first-order chi connectivity index (χ1) is 11.8. The monoisotopic (exact) mass is 368 g/mol. The highest BCUT2D eigenvalue weighted by Gasteiger charge is 2.15. The predicted molar refractivity (Wildman–Crippen MR) is 88.2 cm³/mol. The Balaban J connectivity index is 1.97. The van der Waals surface area contributed by atoms with E-state index < -0.39 is 27.7 Å². The molecule has 0 aliphatic carbocycles. The van der Waals surface area contributed by atoms with E-state index in [-0.39, 0.29) is 10.5 Å². The van der Waals surface area contributed by atoms with E-state index >= 15 is 0 Å². The second-order valence-corrected chi connectivity index (χ2v) is 6.40. The van der Waals surface area contributed by atoms with E-state index in [2.05, 4.69) is 14.5 Å². The van der Waals surface area contributed by atoms with Gasteiger partial charge in [0.2, 0.25) is 5.96 Å². The second kappa shape index (κ2) is 7.81. The normalized spacial score (nSPS) is 12.5. The lowest BCUT2D eigenvalue weighted by Gasteiger charge is -2.06. The number of nitrogens with zero attached hydrogens (tertiary/aromatic N) is 2. The number of guanidine groups is 1. The topological polar surface area (TPSA) is 106 Å². The maximum absolute atomic E-state index is 13.0. The van der Waals surface area contributed by atoms with Crippen molar-refractivity contribution in [3.05, 3.63) is 65.2 Å². The van der Waals surface area contributed by atoms with Crippen LogP contribution < -0.4 is 11.2 Å². The van der Waals surface area contributed by atoms with Crippen LogP contribution in [0.1, 0.15) is 11.1 Å². The number of benzene rings is 2. The molecule has 2 aromatic carbocycles. The highest BCUT2D eigenvalue weighted by molar-refractivity contribution is 7.86. The SMILES string of the molecule is Cc1ccc(S(=O)(=O)ONC(N)=NN=Cc2ccc(F)c(F)c2)cc1. The Kier molecular flexibility index (Phi) is 5.78. The quantitative estimate of drug-likeness (QED) is 0.476. The maximum Gasteiger partial charge on any atom is 0.317 e. The Labute approximate surface area is 142 Å². The van der Waals surface area contributed by atoms with Crippen molar-refractivity contribution in [1.29, 1.82) is 0 Å². The molecule has 0 radical (unpaired) electrons. The maximum atomic E-state index is 13.0. The van der Waals surface area contributed by atoms with Crippen LogP contribution in [0.3, 0.4) is 0 Å². The van der Waals surface area contributed by atoms with Gasteiger partial charge in [0.05, 0.1) is 11.1 Å². The summed E-state index contributed by atoms with van der Waals surface area (Å²) in [5.74, 6) is -2.47. The minimum absolute atomic E-state index is 0.0660. The van der Waals surface area contributed by atoms with Crippen molar-refractivity contribution >= 4 is 22.3 Å². The molecule has 0 unspecified atom stereocenters. The Morgan fingerprint density at radius 1 is 1.16 bits per heavy atom. The van der Waals surface area contributed by atoms with E-state index in [1.54, 1.807) is 12.1 Å². The number of nitrogens with one attached hydrogen (secondary N) is 1. The molecule has 0 aliphatic heterocycles. The molecule has 10 heteroatoms. The number of hydrogen-bond donors (Lipinski definition) is 2. The molecule has 7 nitrogen and oxygen atoms in total. The van der Waals surface area contributed by atoms with E-state index in [0.717, 1.165) is 23.9 Å². The summed E-state index contributed by atoms with van der Waals surface area (Å²) in [4.78, 5) is -0.0660. The van der Waals surface area contributed by atoms with Crippen molar-refractivity contribution in [2.24, 2.45) is 15.9 Å². The lowest BCUT2D eigenvalue weighted by atomic mass is 10.2. The van der Waals surface area contributed by atoms with Crippen molar-refractivity contribution in [2.75, 3.05) is 0 Å². The molecule has 0 heterocycles. The minimum atomic E-state index is -4.07. The van der Waals surface area contributed by atoms with Gasteiger partial charge in [-0.15, -0.1) is 9.39 Å². The summed E-state index contributed by atoms with van der Waals surface area (Å²) in [6.07, 6.45) is 1.10. The van der Waals surface area contributed by atoms with Gasteiger partial charge in [0.25, 0.3) is 0 Å². The van der Waals surface area contributed by atoms with Gasteiger partial charge >= 0.3 is 10.1 Å². The second-order valence-electron chi connectivity index (χ2n) is 4.86. The van der Waals surface area contributed by atoms with Gasteiger partial charge in [0, 0.05) is 0 Å². The molecule has 0 amide bonds. The zero-order chi connectivity index (χ0) is 18.4. The predicted octanol–water partition coefficient (Wildman–Crippen LogP) is 1.83. The number of hydroxylamine groups is 1. The van der Waals surface area contributed by atoms with Crippen molar-refractivity contribution in [2.45, 2.75) is 11.8 Å². The molecule has 0 aliphatic rings. The van der Waals surface area contributed by atoms with Crippen LogP contribution in [0.15, 0.2) is 57.6 Å². The van der Waals surface area contributed by atoms with E-state index in [0.29, 0.717) is 0 Å². The first-order valence-corrected chi connectivity index (χ1v) is 8.26. The molecule has 2 aromatic rings. The average Bonchev–Trinajstić information content (AvgIpc) is 2.57. The van der Waals surface area contributed by atoms with Crippen LogP contribution in [0.25, 0.3) is 0 Å². The van der Waals surface area contributed by atoms with E-state index in [1.807, 2.05) is 12.4 Å². The number of halogens is 2. The fraction of sp³-hybridized carbons (Fsp3) is 0.0667. The van der Waals surface area contributed by atoms with Crippen molar-refractivity contribution < 1.29 is 21.5 Å². The number of hydrogen-bond acceptors (Lipinski definition) is 5. The summed E-state index contributed by atoms with van der Waals surface area (Å²) >= 11 is 0. The van der Waals surface area contributed by atoms with Crippen LogP contribution in [0.5, 0.6) is 0 Å². The summed E-state index contributed by atoms with van der Waals surface area (Å²) in [5, 5.41) is 6.94. The van der Waals surface area contributed by atoms with Crippen LogP contribution in [0, 0.1) is 18.6 Å². The fourth-order valence-corrected chi connectivity index (χ4v) is 2.38. The van der Waals surface area contributed by atoms with Gasteiger partial charge in [-0.05, 0) is 36.8 Å². The fourth-order valence-electron chi connectivity index (χ4n) is 1.62. The zero-order valence-electron chi connectivity index (χ0n) is 13.0. The molecule has 0 aromatic heterocycles. The van der Waals surface area contributed by atoms with Crippen molar-refractivity contribution in [3.8, 4) is 0 Å². The Morgan fingerprint density at radius 3 is 2.48 bits per heavy atom.